The Balaban J connectivity index is 2.12. The molecule has 2 N–H and O–H groups in total. The molecule has 1 aliphatic carbocycles. The van der Waals surface area contributed by atoms with Gasteiger partial charge < -0.3 is 20.1 Å². The quantitative estimate of drug-likeness (QED) is 0.922. The van der Waals surface area contributed by atoms with Gasteiger partial charge in [-0.25, -0.2) is 0 Å². The molecule has 0 atom stereocenters. The van der Waals surface area contributed by atoms with Crippen molar-refractivity contribution in [1.82, 2.24) is 4.90 Å². The molecule has 1 fully saturated rings. The molecule has 0 aliphatic heterocycles. The summed E-state index contributed by atoms with van der Waals surface area (Å²) in [4.78, 5) is 14.4. The van der Waals surface area contributed by atoms with E-state index in [1.165, 1.54) is 0 Å². The predicted molar refractivity (Wildman–Crippen MR) is 81.9 cm³/mol. The third-order valence-electron chi connectivity index (χ3n) is 4.24. The molecular weight excluding hydrogens is 268 g/mol. The fourth-order valence-corrected chi connectivity index (χ4v) is 2.83. The van der Waals surface area contributed by atoms with E-state index in [1.54, 1.807) is 32.4 Å². The molecule has 0 spiro atoms. The predicted octanol–water partition coefficient (Wildman–Crippen LogP) is 2.05. The molecule has 5 heteroatoms. The lowest BCUT2D eigenvalue weighted by atomic mass is 9.90. The van der Waals surface area contributed by atoms with E-state index in [0.29, 0.717) is 17.1 Å². The number of ether oxygens (including phenoxy) is 2. The van der Waals surface area contributed by atoms with Crippen LogP contribution >= 0.6 is 0 Å². The average Bonchev–Trinajstić information content (AvgIpc) is 2.53. The highest BCUT2D eigenvalue weighted by molar-refractivity contribution is 5.95. The van der Waals surface area contributed by atoms with Crippen LogP contribution < -0.4 is 15.2 Å². The van der Waals surface area contributed by atoms with Crippen molar-refractivity contribution in [3.05, 3.63) is 23.8 Å². The van der Waals surface area contributed by atoms with Crippen LogP contribution in [-0.4, -0.2) is 44.2 Å². The van der Waals surface area contributed by atoms with Crippen LogP contribution in [0.1, 0.15) is 36.0 Å². The van der Waals surface area contributed by atoms with E-state index < -0.39 is 0 Å². The number of nitrogens with zero attached hydrogens (tertiary/aromatic N) is 1. The second-order valence-corrected chi connectivity index (χ2v) is 5.55. The average molecular weight is 292 g/mol. The zero-order valence-electron chi connectivity index (χ0n) is 13.0. The highest BCUT2D eigenvalue weighted by Crippen LogP contribution is 2.29. The van der Waals surface area contributed by atoms with Gasteiger partial charge in [0, 0.05) is 24.7 Å². The minimum Gasteiger partial charge on any atom is -0.493 e. The molecule has 5 nitrogen and oxygen atoms in total. The summed E-state index contributed by atoms with van der Waals surface area (Å²) in [5.74, 6) is 1.21. The lowest BCUT2D eigenvalue weighted by Crippen LogP contribution is -2.41. The van der Waals surface area contributed by atoms with Gasteiger partial charge in [0.25, 0.3) is 5.91 Å². The van der Waals surface area contributed by atoms with Crippen LogP contribution in [0.2, 0.25) is 0 Å². The van der Waals surface area contributed by atoms with Crippen molar-refractivity contribution in [2.75, 3.05) is 21.3 Å². The van der Waals surface area contributed by atoms with E-state index in [1.807, 2.05) is 11.9 Å². The summed E-state index contributed by atoms with van der Waals surface area (Å²) in [5, 5.41) is 0. The van der Waals surface area contributed by atoms with Crippen LogP contribution in [0, 0.1) is 0 Å². The zero-order valence-corrected chi connectivity index (χ0v) is 13.0. The maximum atomic E-state index is 12.6. The Kier molecular flexibility index (Phi) is 5.07. The number of benzene rings is 1. The van der Waals surface area contributed by atoms with Crippen molar-refractivity contribution in [2.24, 2.45) is 5.73 Å². The first-order valence-electron chi connectivity index (χ1n) is 7.31. The topological polar surface area (TPSA) is 64.8 Å². The molecule has 1 amide bonds. The third-order valence-corrected chi connectivity index (χ3v) is 4.24. The van der Waals surface area contributed by atoms with Crippen molar-refractivity contribution in [1.29, 1.82) is 0 Å². The molecule has 0 saturated heterocycles. The second kappa shape index (κ2) is 6.80. The molecule has 2 rings (SSSR count). The number of hydrogen-bond acceptors (Lipinski definition) is 4. The van der Waals surface area contributed by atoms with Crippen LogP contribution in [0.25, 0.3) is 0 Å². The zero-order chi connectivity index (χ0) is 15.4. The van der Waals surface area contributed by atoms with Crippen molar-refractivity contribution in [2.45, 2.75) is 37.8 Å². The van der Waals surface area contributed by atoms with Crippen LogP contribution in [-0.2, 0) is 0 Å². The summed E-state index contributed by atoms with van der Waals surface area (Å²) < 4.78 is 10.4. The molecule has 0 aromatic heterocycles. The Morgan fingerprint density at radius 1 is 1.14 bits per heavy atom. The maximum absolute atomic E-state index is 12.6. The Morgan fingerprint density at radius 3 is 2.33 bits per heavy atom. The third kappa shape index (κ3) is 3.47. The molecule has 1 aliphatic rings. The monoisotopic (exact) mass is 292 g/mol. The van der Waals surface area contributed by atoms with E-state index >= 15 is 0 Å². The van der Waals surface area contributed by atoms with Crippen LogP contribution in [0.15, 0.2) is 18.2 Å². The number of amides is 1. The minimum atomic E-state index is 0.0106. The first-order valence-corrected chi connectivity index (χ1v) is 7.31. The Bertz CT molecular complexity index is 496. The Hall–Kier alpha value is -1.75. The molecule has 1 aromatic carbocycles. The number of carbonyl (C=O) groups excluding carboxylic acids is 1. The van der Waals surface area contributed by atoms with Crippen molar-refractivity contribution in [3.63, 3.8) is 0 Å². The number of rotatable bonds is 4. The van der Waals surface area contributed by atoms with E-state index in [-0.39, 0.29) is 18.0 Å². The van der Waals surface area contributed by atoms with Gasteiger partial charge in [-0.2, -0.15) is 0 Å². The first kappa shape index (κ1) is 15.6. The van der Waals surface area contributed by atoms with E-state index in [2.05, 4.69) is 0 Å². The summed E-state index contributed by atoms with van der Waals surface area (Å²) >= 11 is 0. The van der Waals surface area contributed by atoms with Crippen molar-refractivity contribution >= 4 is 5.91 Å². The molecule has 0 unspecified atom stereocenters. The van der Waals surface area contributed by atoms with Gasteiger partial charge in [-0.15, -0.1) is 0 Å². The highest BCUT2D eigenvalue weighted by Gasteiger charge is 2.26. The van der Waals surface area contributed by atoms with E-state index in [0.717, 1.165) is 25.7 Å². The van der Waals surface area contributed by atoms with Gasteiger partial charge in [0.2, 0.25) is 0 Å². The maximum Gasteiger partial charge on any atom is 0.253 e. The standard InChI is InChI=1S/C16H24N2O3/c1-18(13-7-5-12(17)6-8-13)16(19)11-4-9-14(20-2)15(10-11)21-3/h4,9-10,12-13H,5-8,17H2,1-3H3. The number of hydrogen-bond donors (Lipinski definition) is 1. The Labute approximate surface area is 126 Å². The molecule has 0 bridgehead atoms. The molecule has 116 valence electrons. The second-order valence-electron chi connectivity index (χ2n) is 5.55. The largest absolute Gasteiger partial charge is 0.493 e. The first-order chi connectivity index (χ1) is 10.1. The SMILES string of the molecule is COc1ccc(C(=O)N(C)C2CCC(N)CC2)cc1OC. The Morgan fingerprint density at radius 2 is 1.76 bits per heavy atom. The fourth-order valence-electron chi connectivity index (χ4n) is 2.83. The number of nitrogens with two attached hydrogens (primary N) is 1. The summed E-state index contributed by atoms with van der Waals surface area (Å²) in [6, 6.07) is 5.81. The molecule has 1 saturated carbocycles. The smallest absolute Gasteiger partial charge is 0.253 e. The fraction of sp³-hybridized carbons (Fsp3) is 0.562. The van der Waals surface area contributed by atoms with Crippen LogP contribution in [0.4, 0.5) is 0 Å². The lowest BCUT2D eigenvalue weighted by Gasteiger charge is -2.33. The van der Waals surface area contributed by atoms with Gasteiger partial charge in [0.05, 0.1) is 14.2 Å². The summed E-state index contributed by atoms with van der Waals surface area (Å²) in [7, 11) is 5.01. The van der Waals surface area contributed by atoms with Gasteiger partial charge in [0.1, 0.15) is 0 Å². The van der Waals surface area contributed by atoms with Gasteiger partial charge in [-0.1, -0.05) is 0 Å². The van der Waals surface area contributed by atoms with Gasteiger partial charge >= 0.3 is 0 Å². The van der Waals surface area contributed by atoms with Crippen LogP contribution in [0.5, 0.6) is 11.5 Å². The number of carbonyl (C=O) groups is 1. The minimum absolute atomic E-state index is 0.0106. The normalized spacial score (nSPS) is 21.7. The van der Waals surface area contributed by atoms with Gasteiger partial charge in [-0.3, -0.25) is 4.79 Å². The molecule has 0 radical (unpaired) electrons. The molecule has 21 heavy (non-hydrogen) atoms. The van der Waals surface area contributed by atoms with E-state index in [9.17, 15) is 4.79 Å². The van der Waals surface area contributed by atoms with Gasteiger partial charge in [0.15, 0.2) is 11.5 Å². The lowest BCUT2D eigenvalue weighted by molar-refractivity contribution is 0.0689. The van der Waals surface area contributed by atoms with Crippen molar-refractivity contribution < 1.29 is 14.3 Å². The molecule has 0 heterocycles. The van der Waals surface area contributed by atoms with Gasteiger partial charge in [-0.05, 0) is 43.9 Å². The molecular formula is C16H24N2O3. The summed E-state index contributed by atoms with van der Waals surface area (Å²) in [5.41, 5.74) is 6.54. The molecule has 1 aromatic rings. The van der Waals surface area contributed by atoms with Crippen molar-refractivity contribution in [3.8, 4) is 11.5 Å². The van der Waals surface area contributed by atoms with Crippen LogP contribution in [0.3, 0.4) is 0 Å². The summed E-state index contributed by atoms with van der Waals surface area (Å²) in [6.45, 7) is 0. The summed E-state index contributed by atoms with van der Waals surface area (Å²) in [6.07, 6.45) is 3.90. The van der Waals surface area contributed by atoms with E-state index in [4.69, 9.17) is 15.2 Å². The number of methoxy groups -OCH3 is 2. The highest BCUT2D eigenvalue weighted by atomic mass is 16.5.